The molecule has 1 saturated heterocycles. The smallest absolute Gasteiger partial charge is 0.0215 e. The van der Waals surface area contributed by atoms with Crippen molar-refractivity contribution in [2.24, 2.45) is 5.92 Å². The Morgan fingerprint density at radius 1 is 1.16 bits per heavy atom. The van der Waals surface area contributed by atoms with E-state index < -0.39 is 0 Å². The van der Waals surface area contributed by atoms with Gasteiger partial charge in [-0.15, -0.1) is 0 Å². The van der Waals surface area contributed by atoms with Crippen molar-refractivity contribution in [2.45, 2.75) is 63.3 Å². The molecular formula is C18H27N. The number of hydrogen-bond acceptors (Lipinski definition) is 1. The van der Waals surface area contributed by atoms with Gasteiger partial charge >= 0.3 is 0 Å². The molecule has 1 aliphatic heterocycles. The Morgan fingerprint density at radius 3 is 2.79 bits per heavy atom. The molecule has 1 aromatic rings. The molecule has 0 aromatic heterocycles. The van der Waals surface area contributed by atoms with Gasteiger partial charge in [-0.2, -0.15) is 0 Å². The second-order valence-corrected chi connectivity index (χ2v) is 6.50. The summed E-state index contributed by atoms with van der Waals surface area (Å²) in [6, 6.07) is 11.2. The minimum atomic E-state index is 0.450. The average molecular weight is 257 g/mol. The van der Waals surface area contributed by atoms with Crippen LogP contribution >= 0.6 is 0 Å². The van der Waals surface area contributed by atoms with Crippen molar-refractivity contribution in [2.75, 3.05) is 6.54 Å². The van der Waals surface area contributed by atoms with Crippen LogP contribution < -0.4 is 5.32 Å². The molecule has 1 nitrogen and oxygen atoms in total. The summed E-state index contributed by atoms with van der Waals surface area (Å²) >= 11 is 0. The van der Waals surface area contributed by atoms with Crippen LogP contribution in [0.5, 0.6) is 0 Å². The second kappa shape index (κ2) is 5.66. The van der Waals surface area contributed by atoms with E-state index in [2.05, 4.69) is 42.6 Å². The standard InChI is InChI=1S/C18H27N/c1-2-11-18(12-7-4-8-13-19-18)17-14-16(17)15-9-5-3-6-10-15/h3,5-6,9-10,16-17,19H,2,4,7-8,11-14H2,1H3. The highest BCUT2D eigenvalue weighted by atomic mass is 15.0. The van der Waals surface area contributed by atoms with Crippen LogP contribution in [0, 0.1) is 5.92 Å². The average Bonchev–Trinajstić information content (AvgIpc) is 3.25. The maximum Gasteiger partial charge on any atom is 0.0215 e. The summed E-state index contributed by atoms with van der Waals surface area (Å²) in [5, 5.41) is 3.96. The van der Waals surface area contributed by atoms with E-state index in [0.29, 0.717) is 5.54 Å². The Balaban J connectivity index is 1.75. The van der Waals surface area contributed by atoms with Crippen LogP contribution in [0.4, 0.5) is 0 Å². The fourth-order valence-corrected chi connectivity index (χ4v) is 4.20. The first-order valence-electron chi connectivity index (χ1n) is 8.16. The Morgan fingerprint density at radius 2 is 2.00 bits per heavy atom. The number of rotatable bonds is 4. The van der Waals surface area contributed by atoms with E-state index >= 15 is 0 Å². The van der Waals surface area contributed by atoms with Gasteiger partial charge in [0.15, 0.2) is 0 Å². The molecule has 2 fully saturated rings. The van der Waals surface area contributed by atoms with Crippen molar-refractivity contribution in [3.05, 3.63) is 35.9 Å². The minimum Gasteiger partial charge on any atom is -0.311 e. The zero-order chi connectivity index (χ0) is 13.1. The fourth-order valence-electron chi connectivity index (χ4n) is 4.20. The van der Waals surface area contributed by atoms with Crippen LogP contribution in [0.15, 0.2) is 30.3 Å². The summed E-state index contributed by atoms with van der Waals surface area (Å²) in [5.41, 5.74) is 2.01. The Labute approximate surface area is 117 Å². The summed E-state index contributed by atoms with van der Waals surface area (Å²) in [5.74, 6) is 1.70. The van der Waals surface area contributed by atoms with Crippen LogP contribution in [0.25, 0.3) is 0 Å². The van der Waals surface area contributed by atoms with Crippen LogP contribution in [-0.2, 0) is 0 Å². The topological polar surface area (TPSA) is 12.0 Å². The molecule has 3 rings (SSSR count). The van der Waals surface area contributed by atoms with Crippen molar-refractivity contribution in [1.82, 2.24) is 5.32 Å². The molecule has 1 aromatic carbocycles. The molecule has 1 saturated carbocycles. The molecule has 0 amide bonds. The van der Waals surface area contributed by atoms with E-state index in [-0.39, 0.29) is 0 Å². The predicted molar refractivity (Wildman–Crippen MR) is 81.4 cm³/mol. The molecule has 1 heteroatoms. The molecule has 2 aliphatic rings. The van der Waals surface area contributed by atoms with Gasteiger partial charge in [-0.25, -0.2) is 0 Å². The van der Waals surface area contributed by atoms with Gasteiger partial charge in [0.1, 0.15) is 0 Å². The van der Waals surface area contributed by atoms with Gasteiger partial charge < -0.3 is 5.32 Å². The zero-order valence-electron chi connectivity index (χ0n) is 12.2. The second-order valence-electron chi connectivity index (χ2n) is 6.50. The van der Waals surface area contributed by atoms with E-state index in [9.17, 15) is 0 Å². The van der Waals surface area contributed by atoms with E-state index in [4.69, 9.17) is 0 Å². The van der Waals surface area contributed by atoms with Crippen LogP contribution in [0.1, 0.15) is 63.4 Å². The molecule has 0 spiro atoms. The summed E-state index contributed by atoms with van der Waals surface area (Å²) in [6.07, 6.45) is 9.68. The normalized spacial score (nSPS) is 34.8. The lowest BCUT2D eigenvalue weighted by Crippen LogP contribution is -2.47. The maximum atomic E-state index is 3.96. The summed E-state index contributed by atoms with van der Waals surface area (Å²) in [4.78, 5) is 0. The summed E-state index contributed by atoms with van der Waals surface area (Å²) < 4.78 is 0. The fraction of sp³-hybridized carbons (Fsp3) is 0.667. The summed E-state index contributed by atoms with van der Waals surface area (Å²) in [6.45, 7) is 3.58. The first-order chi connectivity index (χ1) is 9.36. The molecule has 104 valence electrons. The van der Waals surface area contributed by atoms with Gasteiger partial charge in [0.25, 0.3) is 0 Å². The van der Waals surface area contributed by atoms with Crippen LogP contribution in [0.2, 0.25) is 0 Å². The summed E-state index contributed by atoms with van der Waals surface area (Å²) in [7, 11) is 0. The van der Waals surface area contributed by atoms with Crippen molar-refractivity contribution < 1.29 is 0 Å². The molecule has 0 radical (unpaired) electrons. The predicted octanol–water partition coefficient (Wildman–Crippen LogP) is 4.49. The molecular weight excluding hydrogens is 230 g/mol. The minimum absolute atomic E-state index is 0.450. The van der Waals surface area contributed by atoms with E-state index in [1.807, 2.05) is 0 Å². The van der Waals surface area contributed by atoms with Crippen molar-refractivity contribution in [3.8, 4) is 0 Å². The first kappa shape index (κ1) is 13.2. The Bertz CT molecular complexity index is 389. The zero-order valence-corrected chi connectivity index (χ0v) is 12.2. The van der Waals surface area contributed by atoms with Crippen LogP contribution in [0.3, 0.4) is 0 Å². The number of hydrogen-bond donors (Lipinski definition) is 1. The highest BCUT2D eigenvalue weighted by molar-refractivity contribution is 5.28. The molecule has 1 heterocycles. The van der Waals surface area contributed by atoms with Gasteiger partial charge in [-0.1, -0.05) is 56.5 Å². The Kier molecular flexibility index (Phi) is 3.93. The third-order valence-corrected chi connectivity index (χ3v) is 5.20. The molecule has 19 heavy (non-hydrogen) atoms. The molecule has 1 N–H and O–H groups in total. The van der Waals surface area contributed by atoms with Gasteiger partial charge in [0.2, 0.25) is 0 Å². The first-order valence-corrected chi connectivity index (χ1v) is 8.16. The SMILES string of the molecule is CCCC1(C2CC2c2ccccc2)CCCCCN1. The monoisotopic (exact) mass is 257 g/mol. The third-order valence-electron chi connectivity index (χ3n) is 5.20. The quantitative estimate of drug-likeness (QED) is 0.838. The van der Waals surface area contributed by atoms with E-state index in [0.717, 1.165) is 11.8 Å². The van der Waals surface area contributed by atoms with Gasteiger partial charge in [0.05, 0.1) is 0 Å². The molecule has 3 atom stereocenters. The lowest BCUT2D eigenvalue weighted by atomic mass is 9.82. The lowest BCUT2D eigenvalue weighted by molar-refractivity contribution is 0.247. The molecule has 1 aliphatic carbocycles. The highest BCUT2D eigenvalue weighted by Crippen LogP contribution is 2.56. The van der Waals surface area contributed by atoms with Gasteiger partial charge in [-0.05, 0) is 49.6 Å². The maximum absolute atomic E-state index is 3.96. The van der Waals surface area contributed by atoms with Crippen molar-refractivity contribution in [1.29, 1.82) is 0 Å². The van der Waals surface area contributed by atoms with Crippen molar-refractivity contribution in [3.63, 3.8) is 0 Å². The Hall–Kier alpha value is -0.820. The third kappa shape index (κ3) is 2.72. The van der Waals surface area contributed by atoms with Gasteiger partial charge in [0, 0.05) is 5.54 Å². The number of benzene rings is 1. The highest BCUT2D eigenvalue weighted by Gasteiger charge is 2.52. The van der Waals surface area contributed by atoms with E-state index in [1.54, 1.807) is 5.56 Å². The van der Waals surface area contributed by atoms with Crippen molar-refractivity contribution >= 4 is 0 Å². The lowest BCUT2D eigenvalue weighted by Gasteiger charge is -2.35. The van der Waals surface area contributed by atoms with Crippen LogP contribution in [-0.4, -0.2) is 12.1 Å². The molecule has 3 unspecified atom stereocenters. The number of nitrogens with one attached hydrogen (secondary N) is 1. The van der Waals surface area contributed by atoms with Gasteiger partial charge in [-0.3, -0.25) is 0 Å². The largest absolute Gasteiger partial charge is 0.311 e. The van der Waals surface area contributed by atoms with E-state index in [1.165, 1.54) is 51.5 Å². The molecule has 0 bridgehead atoms.